The second-order valence-electron chi connectivity index (χ2n) is 7.97. The Morgan fingerprint density at radius 1 is 1.23 bits per heavy atom. The fraction of sp³-hybridized carbons (Fsp3) is 0.417. The van der Waals surface area contributed by atoms with Crippen LogP contribution in [0.1, 0.15) is 49.4 Å². The summed E-state index contributed by atoms with van der Waals surface area (Å²) in [6, 6.07) is 9.85. The molecule has 2 aromatic heterocycles. The minimum absolute atomic E-state index is 0.131. The molecular weight excluding hydrogens is 392 g/mol. The summed E-state index contributed by atoms with van der Waals surface area (Å²) < 4.78 is 7.37. The van der Waals surface area contributed by atoms with Crippen molar-refractivity contribution < 1.29 is 14.7 Å². The van der Waals surface area contributed by atoms with Gasteiger partial charge in [0.15, 0.2) is 5.76 Å². The van der Waals surface area contributed by atoms with Gasteiger partial charge in [-0.3, -0.25) is 0 Å². The Kier molecular flexibility index (Phi) is 6.82. The molecule has 0 unspecified atom stereocenters. The Morgan fingerprint density at radius 3 is 2.74 bits per heavy atom. The zero-order valence-electron chi connectivity index (χ0n) is 17.7. The smallest absolute Gasteiger partial charge is 0.167 e. The van der Waals surface area contributed by atoms with Crippen LogP contribution in [0.15, 0.2) is 47.2 Å². The quantitative estimate of drug-likeness (QED) is 0.597. The summed E-state index contributed by atoms with van der Waals surface area (Å²) in [4.78, 5) is 6.54. The van der Waals surface area contributed by atoms with Gasteiger partial charge < -0.3 is 24.2 Å². The predicted octanol–water partition coefficient (Wildman–Crippen LogP) is 2.84. The molecule has 1 fully saturated rings. The van der Waals surface area contributed by atoms with E-state index in [2.05, 4.69) is 26.9 Å². The van der Waals surface area contributed by atoms with Crippen LogP contribution < -0.4 is 0 Å². The standard InChI is InChI=1S/C24H28N4O3/c1-18(29)24-25-11-15-28(24)17-21-16-23(31-26-21)20-7-5-19(6-8-20)4-2-3-12-27-13-9-22(30)10-14-27/h5-8,11,15-16,18,22,29-30H,3,9-10,12-14,17H2,1H3/t18-/m0/s1. The molecule has 7 nitrogen and oxygen atoms in total. The topological polar surface area (TPSA) is 87.6 Å². The molecule has 4 rings (SSSR count). The molecule has 31 heavy (non-hydrogen) atoms. The van der Waals surface area contributed by atoms with E-state index in [9.17, 15) is 10.2 Å². The van der Waals surface area contributed by atoms with Gasteiger partial charge >= 0.3 is 0 Å². The Balaban J connectivity index is 1.32. The van der Waals surface area contributed by atoms with Crippen molar-refractivity contribution in [1.29, 1.82) is 0 Å². The molecule has 1 aromatic carbocycles. The third-order valence-electron chi connectivity index (χ3n) is 5.52. The van der Waals surface area contributed by atoms with Gasteiger partial charge in [0.1, 0.15) is 17.6 Å². The molecule has 1 saturated heterocycles. The summed E-state index contributed by atoms with van der Waals surface area (Å²) in [5, 5.41) is 23.5. The van der Waals surface area contributed by atoms with E-state index >= 15 is 0 Å². The average Bonchev–Trinajstić information content (AvgIpc) is 3.43. The number of piperidine rings is 1. The highest BCUT2D eigenvalue weighted by atomic mass is 16.5. The van der Waals surface area contributed by atoms with E-state index in [4.69, 9.17) is 4.52 Å². The maximum atomic E-state index is 9.78. The number of hydrogen-bond donors (Lipinski definition) is 2. The highest BCUT2D eigenvalue weighted by Gasteiger charge is 2.15. The summed E-state index contributed by atoms with van der Waals surface area (Å²) in [5.41, 5.74) is 2.68. The highest BCUT2D eigenvalue weighted by Crippen LogP contribution is 2.22. The van der Waals surface area contributed by atoms with Crippen LogP contribution in [0, 0.1) is 11.8 Å². The largest absolute Gasteiger partial charge is 0.393 e. The Hall–Kier alpha value is -2.92. The summed E-state index contributed by atoms with van der Waals surface area (Å²) in [7, 11) is 0. The van der Waals surface area contributed by atoms with E-state index in [1.165, 1.54) is 0 Å². The number of hydrogen-bond acceptors (Lipinski definition) is 6. The number of likely N-dealkylation sites (tertiary alicyclic amines) is 1. The zero-order chi connectivity index (χ0) is 21.6. The van der Waals surface area contributed by atoms with E-state index in [0.29, 0.717) is 18.1 Å². The third-order valence-corrected chi connectivity index (χ3v) is 5.52. The number of nitrogens with zero attached hydrogens (tertiary/aromatic N) is 4. The molecule has 7 heteroatoms. The molecule has 1 atom stereocenters. The van der Waals surface area contributed by atoms with Gasteiger partial charge in [-0.1, -0.05) is 17.0 Å². The van der Waals surface area contributed by atoms with Gasteiger partial charge in [-0.05, 0) is 44.0 Å². The molecule has 3 heterocycles. The Labute approximate surface area is 182 Å². The Bertz CT molecular complexity index is 1030. The predicted molar refractivity (Wildman–Crippen MR) is 117 cm³/mol. The molecule has 2 N–H and O–H groups in total. The van der Waals surface area contributed by atoms with Gasteiger partial charge in [0.05, 0.1) is 12.6 Å². The fourth-order valence-corrected chi connectivity index (χ4v) is 3.76. The molecule has 1 aliphatic heterocycles. The van der Waals surface area contributed by atoms with Crippen LogP contribution in [0.3, 0.4) is 0 Å². The summed E-state index contributed by atoms with van der Waals surface area (Å²) >= 11 is 0. The van der Waals surface area contributed by atoms with Crippen molar-refractivity contribution >= 4 is 0 Å². The number of aromatic nitrogens is 3. The summed E-state index contributed by atoms with van der Waals surface area (Å²) in [6.07, 6.45) is 5.27. The second kappa shape index (κ2) is 9.92. The van der Waals surface area contributed by atoms with E-state index in [1.54, 1.807) is 13.1 Å². The first kappa shape index (κ1) is 21.3. The zero-order valence-corrected chi connectivity index (χ0v) is 17.7. The average molecular weight is 421 g/mol. The van der Waals surface area contributed by atoms with Crippen LogP contribution in [-0.4, -0.2) is 55.6 Å². The first-order valence-electron chi connectivity index (χ1n) is 10.7. The van der Waals surface area contributed by atoms with Gasteiger partial charge in [0.25, 0.3) is 0 Å². The van der Waals surface area contributed by atoms with Crippen molar-refractivity contribution in [2.45, 2.75) is 44.9 Å². The van der Waals surface area contributed by atoms with Crippen molar-refractivity contribution in [3.05, 3.63) is 59.8 Å². The van der Waals surface area contributed by atoms with Crippen molar-refractivity contribution in [2.75, 3.05) is 19.6 Å². The van der Waals surface area contributed by atoms with Crippen molar-refractivity contribution in [3.8, 4) is 23.2 Å². The number of aliphatic hydroxyl groups excluding tert-OH is 2. The van der Waals surface area contributed by atoms with Crippen LogP contribution in [0.2, 0.25) is 0 Å². The van der Waals surface area contributed by atoms with E-state index in [-0.39, 0.29) is 6.10 Å². The summed E-state index contributed by atoms with van der Waals surface area (Å²) in [5.74, 6) is 7.76. The molecule has 0 amide bonds. The molecule has 0 aliphatic carbocycles. The van der Waals surface area contributed by atoms with Crippen molar-refractivity contribution in [3.63, 3.8) is 0 Å². The molecule has 0 bridgehead atoms. The molecule has 0 saturated carbocycles. The number of rotatable bonds is 6. The lowest BCUT2D eigenvalue weighted by Crippen LogP contribution is -2.36. The first-order chi connectivity index (χ1) is 15.1. The normalized spacial score (nSPS) is 16.1. The lowest BCUT2D eigenvalue weighted by Gasteiger charge is -2.28. The third kappa shape index (κ3) is 5.61. The molecule has 0 radical (unpaired) electrons. The lowest BCUT2D eigenvalue weighted by molar-refractivity contribution is 0.0837. The van der Waals surface area contributed by atoms with Gasteiger partial charge in [-0.15, -0.1) is 0 Å². The maximum absolute atomic E-state index is 9.78. The van der Waals surface area contributed by atoms with Crippen LogP contribution >= 0.6 is 0 Å². The van der Waals surface area contributed by atoms with Gasteiger partial charge in [0.2, 0.25) is 0 Å². The number of imidazole rings is 1. The van der Waals surface area contributed by atoms with Gasteiger partial charge in [-0.25, -0.2) is 4.98 Å². The van der Waals surface area contributed by atoms with Gasteiger partial charge in [-0.2, -0.15) is 0 Å². The maximum Gasteiger partial charge on any atom is 0.167 e. The van der Waals surface area contributed by atoms with E-state index < -0.39 is 6.10 Å². The van der Waals surface area contributed by atoms with Crippen LogP contribution in [0.25, 0.3) is 11.3 Å². The molecule has 162 valence electrons. The molecule has 1 aliphatic rings. The molecule has 0 spiro atoms. The van der Waals surface area contributed by atoms with Crippen LogP contribution in [0.5, 0.6) is 0 Å². The summed E-state index contributed by atoms with van der Waals surface area (Å²) in [6.45, 7) is 5.04. The van der Waals surface area contributed by atoms with Crippen LogP contribution in [-0.2, 0) is 6.54 Å². The van der Waals surface area contributed by atoms with Gasteiger partial charge in [0, 0.05) is 55.6 Å². The monoisotopic (exact) mass is 420 g/mol. The molecular formula is C24H28N4O3. The van der Waals surface area contributed by atoms with Crippen molar-refractivity contribution in [1.82, 2.24) is 19.6 Å². The van der Waals surface area contributed by atoms with Crippen LogP contribution in [0.4, 0.5) is 0 Å². The second-order valence-corrected chi connectivity index (χ2v) is 7.97. The SMILES string of the molecule is C[C@H](O)c1nccn1Cc1cc(-c2ccc(C#CCCN3CCC(O)CC3)cc2)on1. The number of benzene rings is 1. The van der Waals surface area contributed by atoms with E-state index in [0.717, 1.165) is 55.7 Å². The highest BCUT2D eigenvalue weighted by molar-refractivity contribution is 5.59. The first-order valence-corrected chi connectivity index (χ1v) is 10.7. The Morgan fingerprint density at radius 2 is 2.00 bits per heavy atom. The minimum Gasteiger partial charge on any atom is -0.393 e. The van der Waals surface area contributed by atoms with Crippen molar-refractivity contribution in [2.24, 2.45) is 0 Å². The number of aliphatic hydroxyl groups is 2. The lowest BCUT2D eigenvalue weighted by atomic mass is 10.1. The minimum atomic E-state index is -0.636. The molecule has 3 aromatic rings. The van der Waals surface area contributed by atoms with E-state index in [1.807, 2.05) is 41.1 Å². The fourth-order valence-electron chi connectivity index (χ4n) is 3.76.